The fourth-order valence-electron chi connectivity index (χ4n) is 3.03. The third kappa shape index (κ3) is 5.49. The zero-order valence-electron chi connectivity index (χ0n) is 18.0. The van der Waals surface area contributed by atoms with Gasteiger partial charge in [0.25, 0.3) is 0 Å². The molecular weight excluding hydrogens is 416 g/mol. The number of hydrogen-bond donors (Lipinski definition) is 1. The molecule has 3 aromatic rings. The molecule has 1 amide bonds. The van der Waals surface area contributed by atoms with Crippen molar-refractivity contribution in [3.8, 4) is 17.2 Å². The fourth-order valence-corrected chi connectivity index (χ4v) is 3.84. The Morgan fingerprint density at radius 3 is 2.35 bits per heavy atom. The number of thioether (sulfide) groups is 1. The molecule has 9 heteroatoms. The number of para-hydroxylation sites is 4. The number of nitrogens with one attached hydrogen (secondary N) is 1. The summed E-state index contributed by atoms with van der Waals surface area (Å²) < 4.78 is 18.6. The van der Waals surface area contributed by atoms with Crippen LogP contribution in [0.1, 0.15) is 25.8 Å². The molecule has 3 rings (SSSR count). The van der Waals surface area contributed by atoms with E-state index in [1.807, 2.05) is 54.8 Å². The minimum Gasteiger partial charge on any atom is -0.495 e. The molecule has 0 aliphatic carbocycles. The van der Waals surface area contributed by atoms with Crippen molar-refractivity contribution in [1.82, 2.24) is 14.8 Å². The van der Waals surface area contributed by atoms with E-state index in [0.29, 0.717) is 40.5 Å². The maximum absolute atomic E-state index is 12.4. The number of nitrogens with zero attached hydrogens (tertiary/aromatic N) is 3. The number of rotatable bonds is 10. The monoisotopic (exact) mass is 442 g/mol. The van der Waals surface area contributed by atoms with E-state index in [1.54, 1.807) is 26.4 Å². The fraction of sp³-hybridized carbons (Fsp3) is 0.318. The summed E-state index contributed by atoms with van der Waals surface area (Å²) in [6, 6.07) is 14.7. The van der Waals surface area contributed by atoms with Gasteiger partial charge >= 0.3 is 0 Å². The molecule has 0 saturated carbocycles. The molecule has 0 spiro atoms. The van der Waals surface area contributed by atoms with E-state index in [1.165, 1.54) is 11.8 Å². The molecule has 1 aromatic heterocycles. The first-order chi connectivity index (χ1) is 15.1. The molecule has 1 N–H and O–H groups in total. The van der Waals surface area contributed by atoms with Crippen molar-refractivity contribution in [1.29, 1.82) is 0 Å². The first-order valence-electron chi connectivity index (χ1n) is 9.85. The number of anilines is 1. The lowest BCUT2D eigenvalue weighted by molar-refractivity contribution is -0.113. The van der Waals surface area contributed by atoms with Crippen LogP contribution >= 0.6 is 11.8 Å². The van der Waals surface area contributed by atoms with E-state index in [4.69, 9.17) is 14.2 Å². The van der Waals surface area contributed by atoms with Gasteiger partial charge < -0.3 is 24.1 Å². The first kappa shape index (κ1) is 22.5. The van der Waals surface area contributed by atoms with Crippen LogP contribution in [0.25, 0.3) is 0 Å². The van der Waals surface area contributed by atoms with Gasteiger partial charge in [0.1, 0.15) is 5.75 Å². The van der Waals surface area contributed by atoms with E-state index >= 15 is 0 Å². The first-order valence-corrected chi connectivity index (χ1v) is 10.8. The summed E-state index contributed by atoms with van der Waals surface area (Å²) in [5.74, 6) is 2.62. The van der Waals surface area contributed by atoms with Gasteiger partial charge in [-0.25, -0.2) is 0 Å². The topological polar surface area (TPSA) is 87.5 Å². The van der Waals surface area contributed by atoms with Gasteiger partial charge in [-0.15, -0.1) is 10.2 Å². The third-order valence-electron chi connectivity index (χ3n) is 4.51. The van der Waals surface area contributed by atoms with Crippen molar-refractivity contribution in [2.45, 2.75) is 31.7 Å². The van der Waals surface area contributed by atoms with E-state index in [0.717, 1.165) is 0 Å². The number of benzene rings is 2. The molecule has 0 aliphatic heterocycles. The molecule has 164 valence electrons. The van der Waals surface area contributed by atoms with Crippen LogP contribution in [0.15, 0.2) is 53.7 Å². The normalized spacial score (nSPS) is 11.6. The Morgan fingerprint density at radius 2 is 1.68 bits per heavy atom. The highest BCUT2D eigenvalue weighted by molar-refractivity contribution is 7.99. The zero-order valence-corrected chi connectivity index (χ0v) is 18.8. The summed E-state index contributed by atoms with van der Waals surface area (Å²) in [4.78, 5) is 12.4. The van der Waals surface area contributed by atoms with E-state index in [2.05, 4.69) is 15.5 Å². The molecule has 31 heavy (non-hydrogen) atoms. The molecule has 8 nitrogen and oxygen atoms in total. The maximum Gasteiger partial charge on any atom is 0.234 e. The molecule has 0 bridgehead atoms. The lowest BCUT2D eigenvalue weighted by Gasteiger charge is -2.17. The summed E-state index contributed by atoms with van der Waals surface area (Å²) in [6.07, 6.45) is -0.347. The Morgan fingerprint density at radius 1 is 1.03 bits per heavy atom. The summed E-state index contributed by atoms with van der Waals surface area (Å²) in [5, 5.41) is 12.1. The average molecular weight is 443 g/mol. The number of ether oxygens (including phenoxy) is 3. The highest BCUT2D eigenvalue weighted by Crippen LogP contribution is 2.31. The van der Waals surface area contributed by atoms with Crippen LogP contribution in [-0.4, -0.2) is 40.6 Å². The van der Waals surface area contributed by atoms with E-state index in [-0.39, 0.29) is 17.8 Å². The predicted molar refractivity (Wildman–Crippen MR) is 120 cm³/mol. The van der Waals surface area contributed by atoms with Crippen LogP contribution in [0.2, 0.25) is 0 Å². The standard InChI is InChI=1S/C22H26N4O4S/c1-5-26-21(15(2)30-19-13-9-8-12-18(19)29-4)24-25-22(26)31-14-20(27)23-16-10-6-7-11-17(16)28-3/h6-13,15H,5,14H2,1-4H3,(H,23,27). The van der Waals surface area contributed by atoms with Gasteiger partial charge in [0.2, 0.25) is 5.91 Å². The second kappa shape index (κ2) is 10.7. The highest BCUT2D eigenvalue weighted by atomic mass is 32.2. The van der Waals surface area contributed by atoms with Crippen LogP contribution in [0.4, 0.5) is 5.69 Å². The van der Waals surface area contributed by atoms with Crippen molar-refractivity contribution in [3.63, 3.8) is 0 Å². The SMILES string of the molecule is CCn1c(SCC(=O)Nc2ccccc2OC)nnc1C(C)Oc1ccccc1OC. The van der Waals surface area contributed by atoms with Gasteiger partial charge in [0.15, 0.2) is 28.6 Å². The van der Waals surface area contributed by atoms with Crippen LogP contribution in [0.5, 0.6) is 17.2 Å². The Kier molecular flexibility index (Phi) is 7.77. The predicted octanol–water partition coefficient (Wildman–Crippen LogP) is 4.19. The van der Waals surface area contributed by atoms with Gasteiger partial charge in [-0.1, -0.05) is 36.0 Å². The summed E-state index contributed by atoms with van der Waals surface area (Å²) in [6.45, 7) is 4.56. The van der Waals surface area contributed by atoms with Crippen molar-refractivity contribution >= 4 is 23.4 Å². The molecule has 1 heterocycles. The molecule has 0 saturated heterocycles. The van der Waals surface area contributed by atoms with Crippen molar-refractivity contribution in [2.24, 2.45) is 0 Å². The van der Waals surface area contributed by atoms with Gasteiger partial charge in [-0.05, 0) is 38.1 Å². The maximum atomic E-state index is 12.4. The largest absolute Gasteiger partial charge is 0.495 e. The molecule has 0 aliphatic rings. The van der Waals surface area contributed by atoms with Crippen LogP contribution in [-0.2, 0) is 11.3 Å². The number of hydrogen-bond acceptors (Lipinski definition) is 7. The highest BCUT2D eigenvalue weighted by Gasteiger charge is 2.20. The van der Waals surface area contributed by atoms with Gasteiger partial charge in [0.05, 0.1) is 25.7 Å². The molecule has 0 fully saturated rings. The van der Waals surface area contributed by atoms with E-state index < -0.39 is 0 Å². The quantitative estimate of drug-likeness (QED) is 0.471. The Balaban J connectivity index is 1.66. The molecule has 1 unspecified atom stereocenters. The Bertz CT molecular complexity index is 1020. The third-order valence-corrected chi connectivity index (χ3v) is 5.48. The van der Waals surface area contributed by atoms with Gasteiger partial charge in [-0.2, -0.15) is 0 Å². The van der Waals surface area contributed by atoms with E-state index in [9.17, 15) is 4.79 Å². The zero-order chi connectivity index (χ0) is 22.2. The average Bonchev–Trinajstić information content (AvgIpc) is 3.21. The minimum absolute atomic E-state index is 0.153. The molecule has 0 radical (unpaired) electrons. The molecule has 2 aromatic carbocycles. The lowest BCUT2D eigenvalue weighted by atomic mass is 10.3. The van der Waals surface area contributed by atoms with Crippen LogP contribution in [0, 0.1) is 0 Å². The summed E-state index contributed by atoms with van der Waals surface area (Å²) >= 11 is 1.32. The number of aromatic nitrogens is 3. The lowest BCUT2D eigenvalue weighted by Crippen LogP contribution is -2.16. The van der Waals surface area contributed by atoms with Crippen molar-refractivity contribution in [3.05, 3.63) is 54.4 Å². The smallest absolute Gasteiger partial charge is 0.234 e. The number of carbonyl (C=O) groups is 1. The number of amides is 1. The molecule has 1 atom stereocenters. The Labute approximate surface area is 185 Å². The summed E-state index contributed by atoms with van der Waals surface area (Å²) in [5.41, 5.74) is 0.632. The van der Waals surface area contributed by atoms with Crippen LogP contribution in [0.3, 0.4) is 0 Å². The Hall–Kier alpha value is -3.20. The second-order valence-corrected chi connectivity index (χ2v) is 7.48. The minimum atomic E-state index is -0.347. The van der Waals surface area contributed by atoms with Crippen LogP contribution < -0.4 is 19.5 Å². The summed E-state index contributed by atoms with van der Waals surface area (Å²) in [7, 11) is 3.17. The number of carbonyl (C=O) groups excluding carboxylic acids is 1. The van der Waals surface area contributed by atoms with Gasteiger partial charge in [-0.3, -0.25) is 4.79 Å². The van der Waals surface area contributed by atoms with Gasteiger partial charge in [0, 0.05) is 6.54 Å². The van der Waals surface area contributed by atoms with Crippen molar-refractivity contribution in [2.75, 3.05) is 25.3 Å². The second-order valence-electron chi connectivity index (χ2n) is 6.53. The molecular formula is C22H26N4O4S. The van der Waals surface area contributed by atoms with Crippen molar-refractivity contribution < 1.29 is 19.0 Å². The number of methoxy groups -OCH3 is 2.